The predicted octanol–water partition coefficient (Wildman–Crippen LogP) is 4.05. The Morgan fingerprint density at radius 1 is 0.943 bits per heavy atom. The second-order valence-electron chi connectivity index (χ2n) is 7.34. The molecule has 35 heavy (non-hydrogen) atoms. The van der Waals surface area contributed by atoms with Crippen molar-refractivity contribution in [3.63, 3.8) is 0 Å². The van der Waals surface area contributed by atoms with E-state index in [1.807, 2.05) is 0 Å². The summed E-state index contributed by atoms with van der Waals surface area (Å²) in [7, 11) is 0. The van der Waals surface area contributed by atoms with Gasteiger partial charge >= 0.3 is 18.5 Å². The van der Waals surface area contributed by atoms with Crippen molar-refractivity contribution in [1.82, 2.24) is 4.90 Å². The van der Waals surface area contributed by atoms with Gasteiger partial charge < -0.3 is 24.4 Å². The highest BCUT2D eigenvalue weighted by atomic mass is 19.4. The van der Waals surface area contributed by atoms with Gasteiger partial charge in [0.25, 0.3) is 11.8 Å². The number of rotatable bonds is 8. The molecule has 1 fully saturated rings. The molecule has 0 radical (unpaired) electrons. The normalized spacial score (nSPS) is 15.3. The van der Waals surface area contributed by atoms with E-state index in [1.165, 1.54) is 24.3 Å². The van der Waals surface area contributed by atoms with E-state index in [1.54, 1.807) is 4.90 Å². The fraction of sp³-hybridized carbons (Fsp3) is 0.364. The number of anilines is 1. The number of hydrogen-bond donors (Lipinski definition) is 1. The Balaban J connectivity index is 1.51. The van der Waals surface area contributed by atoms with Crippen molar-refractivity contribution in [3.8, 4) is 11.5 Å². The van der Waals surface area contributed by atoms with Crippen molar-refractivity contribution in [2.75, 3.05) is 38.2 Å². The van der Waals surface area contributed by atoms with Crippen LogP contribution in [0.4, 0.5) is 32.0 Å². The van der Waals surface area contributed by atoms with Crippen LogP contribution in [0.5, 0.6) is 11.5 Å². The van der Waals surface area contributed by atoms with Crippen molar-refractivity contribution in [1.29, 1.82) is 0 Å². The SMILES string of the molecule is O=C(Nc1ccc(OCC(=O)N2CCOCC2)cc1)c1ccc(OC(F)C(F)(F)C(F)(F)F)cc1. The molecule has 2 amide bonds. The summed E-state index contributed by atoms with van der Waals surface area (Å²) < 4.78 is 90.4. The summed E-state index contributed by atoms with van der Waals surface area (Å²) in [6.45, 7) is 1.78. The minimum atomic E-state index is -6.12. The zero-order valence-electron chi connectivity index (χ0n) is 18.0. The molecular formula is C22H20F6N2O5. The average molecular weight is 506 g/mol. The fourth-order valence-electron chi connectivity index (χ4n) is 2.89. The molecule has 0 spiro atoms. The predicted molar refractivity (Wildman–Crippen MR) is 110 cm³/mol. The number of nitrogens with zero attached hydrogens (tertiary/aromatic N) is 1. The van der Waals surface area contributed by atoms with Gasteiger partial charge in [0.1, 0.15) is 11.5 Å². The lowest BCUT2D eigenvalue weighted by molar-refractivity contribution is -0.328. The summed E-state index contributed by atoms with van der Waals surface area (Å²) in [6, 6.07) is 9.98. The number of benzene rings is 2. The first kappa shape index (κ1) is 26.1. The number of amides is 2. The monoisotopic (exact) mass is 506 g/mol. The van der Waals surface area contributed by atoms with Gasteiger partial charge in [0.15, 0.2) is 6.61 Å². The smallest absolute Gasteiger partial charge is 0.460 e. The molecule has 13 heteroatoms. The quantitative estimate of drug-likeness (QED) is 0.547. The van der Waals surface area contributed by atoms with Crippen LogP contribution in [-0.2, 0) is 9.53 Å². The lowest BCUT2D eigenvalue weighted by Crippen LogP contribution is -2.47. The van der Waals surface area contributed by atoms with Gasteiger partial charge in [-0.05, 0) is 48.5 Å². The molecule has 1 saturated heterocycles. The first-order valence-corrected chi connectivity index (χ1v) is 10.2. The second-order valence-corrected chi connectivity index (χ2v) is 7.34. The highest BCUT2D eigenvalue weighted by Crippen LogP contribution is 2.40. The van der Waals surface area contributed by atoms with Gasteiger partial charge in [-0.25, -0.2) is 0 Å². The molecule has 1 unspecified atom stereocenters. The number of nitrogens with one attached hydrogen (secondary N) is 1. The van der Waals surface area contributed by atoms with Crippen LogP contribution >= 0.6 is 0 Å². The molecular weight excluding hydrogens is 486 g/mol. The standard InChI is InChI=1S/C22H20F6N2O5/c23-20(21(24,25)22(26,27)28)35-17-5-1-14(2-6-17)19(32)29-15-3-7-16(8-4-15)34-13-18(31)30-9-11-33-12-10-30/h1-8,20H,9-13H2,(H,29,32). The van der Waals surface area contributed by atoms with E-state index in [-0.39, 0.29) is 18.1 Å². The van der Waals surface area contributed by atoms with E-state index in [0.29, 0.717) is 37.7 Å². The van der Waals surface area contributed by atoms with E-state index in [2.05, 4.69) is 10.1 Å². The van der Waals surface area contributed by atoms with E-state index in [0.717, 1.165) is 24.3 Å². The number of alkyl halides is 6. The van der Waals surface area contributed by atoms with Crippen LogP contribution in [0.2, 0.25) is 0 Å². The Morgan fingerprint density at radius 3 is 2.09 bits per heavy atom. The highest BCUT2D eigenvalue weighted by molar-refractivity contribution is 6.04. The molecule has 0 aliphatic carbocycles. The number of halogens is 6. The number of carbonyl (C=O) groups is 2. The van der Waals surface area contributed by atoms with Crippen molar-refractivity contribution in [2.24, 2.45) is 0 Å². The summed E-state index contributed by atoms with van der Waals surface area (Å²) in [5.41, 5.74) is 0.364. The zero-order chi connectivity index (χ0) is 25.6. The molecule has 2 aromatic carbocycles. The van der Waals surface area contributed by atoms with Crippen LogP contribution in [-0.4, -0.2) is 68.1 Å². The van der Waals surface area contributed by atoms with Crippen LogP contribution in [0.1, 0.15) is 10.4 Å². The van der Waals surface area contributed by atoms with Crippen LogP contribution in [0.25, 0.3) is 0 Å². The molecule has 0 saturated carbocycles. The first-order valence-electron chi connectivity index (χ1n) is 10.2. The summed E-state index contributed by atoms with van der Waals surface area (Å²) in [6.07, 6.45) is -10.1. The minimum Gasteiger partial charge on any atom is -0.484 e. The van der Waals surface area contributed by atoms with Gasteiger partial charge in [-0.1, -0.05) is 0 Å². The molecule has 1 atom stereocenters. The lowest BCUT2D eigenvalue weighted by Gasteiger charge is -2.26. The molecule has 1 heterocycles. The summed E-state index contributed by atoms with van der Waals surface area (Å²) >= 11 is 0. The third kappa shape index (κ3) is 6.78. The van der Waals surface area contributed by atoms with Gasteiger partial charge in [-0.2, -0.15) is 26.3 Å². The second kappa shape index (κ2) is 10.8. The maximum absolute atomic E-state index is 13.3. The number of morpholine rings is 1. The first-order chi connectivity index (χ1) is 16.5. The maximum Gasteiger partial charge on any atom is 0.460 e. The zero-order valence-corrected chi connectivity index (χ0v) is 18.0. The third-order valence-electron chi connectivity index (χ3n) is 4.86. The average Bonchev–Trinajstić information content (AvgIpc) is 2.83. The summed E-state index contributed by atoms with van der Waals surface area (Å²) in [5.74, 6) is -6.74. The lowest BCUT2D eigenvalue weighted by atomic mass is 10.2. The maximum atomic E-state index is 13.3. The highest BCUT2D eigenvalue weighted by Gasteiger charge is 2.65. The topological polar surface area (TPSA) is 77.1 Å². The van der Waals surface area contributed by atoms with Crippen molar-refractivity contribution in [3.05, 3.63) is 54.1 Å². The molecule has 3 rings (SSSR count). The molecule has 1 aliphatic rings. The van der Waals surface area contributed by atoms with E-state index in [9.17, 15) is 35.9 Å². The molecule has 7 nitrogen and oxygen atoms in total. The molecule has 0 bridgehead atoms. The van der Waals surface area contributed by atoms with Crippen molar-refractivity contribution < 1.29 is 50.1 Å². The third-order valence-corrected chi connectivity index (χ3v) is 4.86. The van der Waals surface area contributed by atoms with Gasteiger partial charge in [-0.15, -0.1) is 0 Å². The van der Waals surface area contributed by atoms with Crippen LogP contribution in [0.15, 0.2) is 48.5 Å². The van der Waals surface area contributed by atoms with E-state index in [4.69, 9.17) is 9.47 Å². The molecule has 2 aromatic rings. The van der Waals surface area contributed by atoms with Crippen LogP contribution in [0.3, 0.4) is 0 Å². The summed E-state index contributed by atoms with van der Waals surface area (Å²) in [4.78, 5) is 26.0. The van der Waals surface area contributed by atoms with Crippen molar-refractivity contribution >= 4 is 17.5 Å². The Bertz CT molecular complexity index is 1010. The van der Waals surface area contributed by atoms with Gasteiger partial charge in [0.05, 0.1) is 13.2 Å². The van der Waals surface area contributed by atoms with E-state index >= 15 is 0 Å². The largest absolute Gasteiger partial charge is 0.484 e. The Kier molecular flexibility index (Phi) is 8.10. The Hall–Kier alpha value is -3.48. The summed E-state index contributed by atoms with van der Waals surface area (Å²) in [5, 5.41) is 2.54. The molecule has 0 aromatic heterocycles. The van der Waals surface area contributed by atoms with Crippen LogP contribution < -0.4 is 14.8 Å². The number of hydrogen-bond acceptors (Lipinski definition) is 5. The number of ether oxygens (including phenoxy) is 3. The molecule has 1 N–H and O–H groups in total. The number of carbonyl (C=O) groups excluding carboxylic acids is 2. The molecule has 190 valence electrons. The van der Waals surface area contributed by atoms with E-state index < -0.39 is 30.1 Å². The van der Waals surface area contributed by atoms with Crippen LogP contribution in [0, 0.1) is 0 Å². The Morgan fingerprint density at radius 2 is 1.51 bits per heavy atom. The van der Waals surface area contributed by atoms with Gasteiger partial charge in [0.2, 0.25) is 0 Å². The van der Waals surface area contributed by atoms with Gasteiger partial charge in [-0.3, -0.25) is 9.59 Å². The Labute approximate surface area is 195 Å². The molecule has 1 aliphatic heterocycles. The van der Waals surface area contributed by atoms with Gasteiger partial charge in [0, 0.05) is 24.3 Å². The fourth-order valence-corrected chi connectivity index (χ4v) is 2.89. The minimum absolute atomic E-state index is 0.00627. The van der Waals surface area contributed by atoms with Crippen molar-refractivity contribution in [2.45, 2.75) is 18.5 Å².